The molecule has 0 aliphatic rings. The number of benzene rings is 1. The lowest BCUT2D eigenvalue weighted by atomic mass is 10.2. The highest BCUT2D eigenvalue weighted by atomic mass is 16.5. The van der Waals surface area contributed by atoms with Crippen molar-refractivity contribution in [2.75, 3.05) is 33.5 Å². The van der Waals surface area contributed by atoms with Gasteiger partial charge in [0.1, 0.15) is 0 Å². The maximum atomic E-state index is 5.76. The fourth-order valence-electron chi connectivity index (χ4n) is 1.94. The van der Waals surface area contributed by atoms with Gasteiger partial charge in [-0.25, -0.2) is 0 Å². The van der Waals surface area contributed by atoms with Crippen molar-refractivity contribution in [3.8, 4) is 11.5 Å². The van der Waals surface area contributed by atoms with Crippen molar-refractivity contribution in [1.29, 1.82) is 0 Å². The number of ether oxygens (including phenoxy) is 3. The highest BCUT2D eigenvalue weighted by Gasteiger charge is 2.07. The summed E-state index contributed by atoms with van der Waals surface area (Å²) in [6.07, 6.45) is 0.875. The van der Waals surface area contributed by atoms with Gasteiger partial charge >= 0.3 is 0 Å². The fourth-order valence-corrected chi connectivity index (χ4v) is 1.94. The Morgan fingerprint density at radius 3 is 2.57 bits per heavy atom. The van der Waals surface area contributed by atoms with E-state index >= 15 is 0 Å². The third-order valence-electron chi connectivity index (χ3n) is 2.94. The predicted octanol–water partition coefficient (Wildman–Crippen LogP) is 3.25. The van der Waals surface area contributed by atoms with Crippen LogP contribution in [0.15, 0.2) is 18.2 Å². The second-order valence-corrected chi connectivity index (χ2v) is 5.43. The maximum Gasteiger partial charge on any atom is 0.161 e. The molecule has 0 saturated heterocycles. The monoisotopic (exact) mass is 295 g/mol. The molecule has 0 aromatic heterocycles. The lowest BCUT2D eigenvalue weighted by Gasteiger charge is -2.14. The predicted molar refractivity (Wildman–Crippen MR) is 86.1 cm³/mol. The van der Waals surface area contributed by atoms with Gasteiger partial charge in [0.25, 0.3) is 0 Å². The van der Waals surface area contributed by atoms with Crippen LogP contribution in [0.1, 0.15) is 32.8 Å². The molecule has 4 heteroatoms. The van der Waals surface area contributed by atoms with Gasteiger partial charge < -0.3 is 19.5 Å². The van der Waals surface area contributed by atoms with E-state index in [2.05, 4.69) is 31.3 Å². The minimum Gasteiger partial charge on any atom is -0.490 e. The van der Waals surface area contributed by atoms with Crippen molar-refractivity contribution in [1.82, 2.24) is 5.32 Å². The number of hydrogen-bond acceptors (Lipinski definition) is 4. The van der Waals surface area contributed by atoms with Crippen LogP contribution in [0.2, 0.25) is 0 Å². The van der Waals surface area contributed by atoms with E-state index in [-0.39, 0.29) is 0 Å². The Balaban J connectivity index is 2.58. The molecule has 4 nitrogen and oxygen atoms in total. The van der Waals surface area contributed by atoms with Crippen LogP contribution in [0.3, 0.4) is 0 Å². The lowest BCUT2D eigenvalue weighted by Crippen LogP contribution is -2.19. The van der Waals surface area contributed by atoms with Gasteiger partial charge in [-0.2, -0.15) is 0 Å². The number of hydrogen-bond donors (Lipinski definition) is 1. The Bertz CT molecular complexity index is 394. The zero-order valence-electron chi connectivity index (χ0n) is 13.8. The van der Waals surface area contributed by atoms with Crippen molar-refractivity contribution in [3.05, 3.63) is 23.8 Å². The smallest absolute Gasteiger partial charge is 0.161 e. The van der Waals surface area contributed by atoms with Crippen LogP contribution in [0.5, 0.6) is 11.5 Å². The Labute approximate surface area is 128 Å². The van der Waals surface area contributed by atoms with E-state index in [9.17, 15) is 0 Å². The van der Waals surface area contributed by atoms with Gasteiger partial charge in [0, 0.05) is 26.7 Å². The number of rotatable bonds is 11. The zero-order valence-corrected chi connectivity index (χ0v) is 13.8. The second kappa shape index (κ2) is 10.5. The summed E-state index contributed by atoms with van der Waals surface area (Å²) in [6.45, 7) is 10.2. The highest BCUT2D eigenvalue weighted by Crippen LogP contribution is 2.28. The molecule has 0 radical (unpaired) electrons. The first-order chi connectivity index (χ1) is 10.2. The molecule has 1 aromatic rings. The first-order valence-corrected chi connectivity index (χ1v) is 7.75. The van der Waals surface area contributed by atoms with E-state index in [0.29, 0.717) is 25.7 Å². The van der Waals surface area contributed by atoms with Crippen LogP contribution in [0.4, 0.5) is 0 Å². The van der Waals surface area contributed by atoms with Gasteiger partial charge in [-0.1, -0.05) is 19.9 Å². The van der Waals surface area contributed by atoms with Crippen molar-refractivity contribution in [2.24, 2.45) is 5.92 Å². The average molecular weight is 295 g/mol. The molecule has 21 heavy (non-hydrogen) atoms. The molecular weight excluding hydrogens is 266 g/mol. The van der Waals surface area contributed by atoms with Crippen LogP contribution in [0.25, 0.3) is 0 Å². The molecule has 0 atom stereocenters. The number of nitrogens with one attached hydrogen (secondary N) is 1. The van der Waals surface area contributed by atoms with Gasteiger partial charge in [-0.05, 0) is 37.1 Å². The lowest BCUT2D eigenvalue weighted by molar-refractivity contribution is 0.170. The summed E-state index contributed by atoms with van der Waals surface area (Å²) in [7, 11) is 1.70. The van der Waals surface area contributed by atoms with Gasteiger partial charge in [0.15, 0.2) is 11.5 Å². The molecule has 0 aliphatic heterocycles. The summed E-state index contributed by atoms with van der Waals surface area (Å²) in [4.78, 5) is 0. The Kier molecular flexibility index (Phi) is 8.87. The molecule has 1 N–H and O–H groups in total. The third kappa shape index (κ3) is 7.34. The van der Waals surface area contributed by atoms with Crippen LogP contribution in [-0.4, -0.2) is 33.5 Å². The van der Waals surface area contributed by atoms with Crippen LogP contribution >= 0.6 is 0 Å². The summed E-state index contributed by atoms with van der Waals surface area (Å²) >= 11 is 0. The van der Waals surface area contributed by atoms with Gasteiger partial charge in [-0.15, -0.1) is 0 Å². The molecule has 0 bridgehead atoms. The van der Waals surface area contributed by atoms with Crippen molar-refractivity contribution < 1.29 is 14.2 Å². The van der Waals surface area contributed by atoms with Crippen LogP contribution in [-0.2, 0) is 11.3 Å². The Morgan fingerprint density at radius 2 is 1.90 bits per heavy atom. The molecule has 0 fully saturated rings. The molecule has 0 heterocycles. The summed E-state index contributed by atoms with van der Waals surface area (Å²) < 4.78 is 16.5. The molecule has 0 amide bonds. The van der Waals surface area contributed by atoms with E-state index in [4.69, 9.17) is 14.2 Å². The van der Waals surface area contributed by atoms with Crippen LogP contribution in [0, 0.1) is 5.92 Å². The normalized spacial score (nSPS) is 10.9. The van der Waals surface area contributed by atoms with E-state index in [1.165, 1.54) is 5.56 Å². The first-order valence-electron chi connectivity index (χ1n) is 7.75. The molecule has 1 aromatic carbocycles. The third-order valence-corrected chi connectivity index (χ3v) is 2.94. The molecule has 0 aliphatic carbocycles. The second-order valence-electron chi connectivity index (χ2n) is 5.43. The molecule has 1 rings (SSSR count). The minimum atomic E-state index is 0.636. The summed E-state index contributed by atoms with van der Waals surface area (Å²) in [5.41, 5.74) is 1.21. The minimum absolute atomic E-state index is 0.636. The van der Waals surface area contributed by atoms with Crippen molar-refractivity contribution >= 4 is 0 Å². The summed E-state index contributed by atoms with van der Waals surface area (Å²) in [6, 6.07) is 6.13. The van der Waals surface area contributed by atoms with Gasteiger partial charge in [-0.3, -0.25) is 0 Å². The molecule has 0 saturated carbocycles. The van der Waals surface area contributed by atoms with Crippen molar-refractivity contribution in [2.45, 2.75) is 33.7 Å². The van der Waals surface area contributed by atoms with Crippen molar-refractivity contribution in [3.63, 3.8) is 0 Å². The van der Waals surface area contributed by atoms with E-state index in [0.717, 1.165) is 31.0 Å². The summed E-state index contributed by atoms with van der Waals surface area (Å²) in [5, 5.41) is 3.44. The zero-order chi connectivity index (χ0) is 15.5. The van der Waals surface area contributed by atoms with E-state index < -0.39 is 0 Å². The Hall–Kier alpha value is -1.26. The SMILES string of the molecule is CCOc1cc(CNCC(C)C)ccc1OCCCOC. The molecule has 120 valence electrons. The summed E-state index contributed by atoms with van der Waals surface area (Å²) in [5.74, 6) is 2.28. The molecule has 0 spiro atoms. The van der Waals surface area contributed by atoms with Crippen LogP contribution < -0.4 is 14.8 Å². The number of methoxy groups -OCH3 is 1. The van der Waals surface area contributed by atoms with E-state index in [1.807, 2.05) is 13.0 Å². The quantitative estimate of drug-likeness (QED) is 0.636. The molecular formula is C17H29NO3. The largest absolute Gasteiger partial charge is 0.490 e. The fraction of sp³-hybridized carbons (Fsp3) is 0.647. The van der Waals surface area contributed by atoms with Gasteiger partial charge in [0.05, 0.1) is 13.2 Å². The standard InChI is InChI=1S/C17H29NO3/c1-5-20-17-11-15(13-18-12-14(2)3)7-8-16(17)21-10-6-9-19-4/h7-8,11,14,18H,5-6,9-10,12-13H2,1-4H3. The van der Waals surface area contributed by atoms with E-state index in [1.54, 1.807) is 7.11 Å². The van der Waals surface area contributed by atoms with Gasteiger partial charge in [0.2, 0.25) is 0 Å². The molecule has 0 unspecified atom stereocenters. The average Bonchev–Trinajstić information content (AvgIpc) is 2.45. The first kappa shape index (κ1) is 17.8. The maximum absolute atomic E-state index is 5.76. The highest BCUT2D eigenvalue weighted by molar-refractivity contribution is 5.43. The Morgan fingerprint density at radius 1 is 1.10 bits per heavy atom. The topological polar surface area (TPSA) is 39.7 Å².